The zero-order chi connectivity index (χ0) is 19.5. The molecule has 0 radical (unpaired) electrons. The Bertz CT molecular complexity index is 1010. The number of para-hydroxylation sites is 1. The first kappa shape index (κ1) is 17.8. The lowest BCUT2D eigenvalue weighted by Gasteiger charge is -2.47. The smallest absolute Gasteiger partial charge is 0.256 e. The Morgan fingerprint density at radius 3 is 2.79 bits per heavy atom. The fourth-order valence-electron chi connectivity index (χ4n) is 5.86. The largest absolute Gasteiger partial charge is 0.350 e. The van der Waals surface area contributed by atoms with Crippen LogP contribution in [0.2, 0.25) is 0 Å². The topological polar surface area (TPSA) is 25.2 Å². The molecule has 1 amide bonds. The summed E-state index contributed by atoms with van der Waals surface area (Å²) in [6.07, 6.45) is 11.5. The van der Waals surface area contributed by atoms with Gasteiger partial charge in [0.1, 0.15) is 0 Å². The monoisotopic (exact) mass is 374 g/mol. The number of amides is 1. The molecule has 146 valence electrons. The summed E-state index contributed by atoms with van der Waals surface area (Å²) in [5, 5.41) is 1.07. The Morgan fingerprint density at radius 1 is 1.14 bits per heavy atom. The van der Waals surface area contributed by atoms with Gasteiger partial charge in [0.15, 0.2) is 0 Å². The van der Waals surface area contributed by atoms with Gasteiger partial charge in [0.05, 0.1) is 5.56 Å². The van der Waals surface area contributed by atoms with Crippen LogP contribution in [-0.4, -0.2) is 28.5 Å². The second-order valence-electron chi connectivity index (χ2n) is 9.45. The van der Waals surface area contributed by atoms with Crippen LogP contribution in [0.1, 0.15) is 49.9 Å². The number of rotatable bonds is 1. The van der Waals surface area contributed by atoms with Crippen molar-refractivity contribution in [2.75, 3.05) is 13.1 Å². The number of nitrogens with zero attached hydrogens (tertiary/aromatic N) is 2. The van der Waals surface area contributed by atoms with Gasteiger partial charge in [0.2, 0.25) is 0 Å². The highest BCUT2D eigenvalue weighted by atomic mass is 16.2. The zero-order valence-corrected chi connectivity index (χ0v) is 17.2. The van der Waals surface area contributed by atoms with Crippen LogP contribution in [0, 0.1) is 17.3 Å². The average molecular weight is 375 g/mol. The summed E-state index contributed by atoms with van der Waals surface area (Å²) in [6.45, 7) is 6.59. The number of carbonyl (C=O) groups excluding carboxylic acids is 1. The van der Waals surface area contributed by atoms with Gasteiger partial charge < -0.3 is 9.47 Å². The first-order valence-electron chi connectivity index (χ1n) is 10.7. The third kappa shape index (κ3) is 2.59. The molecule has 2 heterocycles. The number of fused-ring (bicyclic) bond motifs is 5. The highest BCUT2D eigenvalue weighted by Crippen LogP contribution is 2.54. The van der Waals surface area contributed by atoms with Gasteiger partial charge in [-0.15, -0.1) is 0 Å². The van der Waals surface area contributed by atoms with E-state index in [0.29, 0.717) is 11.8 Å². The van der Waals surface area contributed by atoms with Gasteiger partial charge in [-0.25, -0.2) is 0 Å². The predicted octanol–water partition coefficient (Wildman–Crippen LogP) is 5.33. The molecular weight excluding hydrogens is 344 g/mol. The molecule has 3 heteroatoms. The summed E-state index contributed by atoms with van der Waals surface area (Å²) < 4.78 is 2.08. The highest BCUT2D eigenvalue weighted by Gasteiger charge is 2.47. The molecule has 5 rings (SSSR count). The standard InChI is InChI=1S/C25H30N2O/c1-25(2)18-14-17-8-4-5-9-19(17)22(25)12-13-27(15-18)24(28)21-16-26(3)23-11-7-6-10-20(21)23/h6-11,16,18,22H,4-5,12-15H2,1-3H3/t18-,22-/m0/s1. The Hall–Kier alpha value is -2.29. The van der Waals surface area contributed by atoms with Crippen LogP contribution in [0.15, 0.2) is 53.8 Å². The minimum atomic E-state index is 0.200. The summed E-state index contributed by atoms with van der Waals surface area (Å²) >= 11 is 0. The van der Waals surface area contributed by atoms with E-state index < -0.39 is 0 Å². The molecule has 1 aliphatic heterocycles. The van der Waals surface area contributed by atoms with Crippen LogP contribution in [-0.2, 0) is 7.05 Å². The van der Waals surface area contributed by atoms with E-state index in [0.717, 1.165) is 42.4 Å². The number of hydrogen-bond donors (Lipinski definition) is 0. The van der Waals surface area contributed by atoms with Crippen molar-refractivity contribution in [2.45, 2.75) is 39.5 Å². The molecule has 1 aromatic carbocycles. The van der Waals surface area contributed by atoms with Crippen molar-refractivity contribution < 1.29 is 4.79 Å². The van der Waals surface area contributed by atoms with Crippen molar-refractivity contribution in [1.82, 2.24) is 9.47 Å². The van der Waals surface area contributed by atoms with Gasteiger partial charge in [0, 0.05) is 37.2 Å². The molecule has 2 bridgehead atoms. The number of carbonyl (C=O) groups is 1. The van der Waals surface area contributed by atoms with Crippen LogP contribution in [0.3, 0.4) is 0 Å². The maximum absolute atomic E-state index is 13.6. The van der Waals surface area contributed by atoms with E-state index >= 15 is 0 Å². The average Bonchev–Trinajstić information content (AvgIpc) is 3.01. The van der Waals surface area contributed by atoms with Crippen molar-refractivity contribution in [3.05, 3.63) is 59.3 Å². The lowest BCUT2D eigenvalue weighted by molar-refractivity contribution is 0.0697. The third-order valence-electron chi connectivity index (χ3n) is 7.63. The molecule has 3 aliphatic rings. The van der Waals surface area contributed by atoms with Gasteiger partial charge in [-0.05, 0) is 60.1 Å². The van der Waals surface area contributed by atoms with E-state index in [-0.39, 0.29) is 11.3 Å². The van der Waals surface area contributed by atoms with E-state index in [2.05, 4.69) is 47.6 Å². The number of benzene rings is 1. The quantitative estimate of drug-likeness (QED) is 0.662. The van der Waals surface area contributed by atoms with Crippen molar-refractivity contribution in [3.63, 3.8) is 0 Å². The van der Waals surface area contributed by atoms with E-state index in [9.17, 15) is 4.79 Å². The molecule has 2 aliphatic carbocycles. The van der Waals surface area contributed by atoms with E-state index in [4.69, 9.17) is 0 Å². The molecule has 3 nitrogen and oxygen atoms in total. The third-order valence-corrected chi connectivity index (χ3v) is 7.63. The summed E-state index contributed by atoms with van der Waals surface area (Å²) in [7, 11) is 2.03. The first-order chi connectivity index (χ1) is 13.5. The number of hydrogen-bond acceptors (Lipinski definition) is 1. The lowest BCUT2D eigenvalue weighted by atomic mass is 9.58. The van der Waals surface area contributed by atoms with Crippen molar-refractivity contribution >= 4 is 16.8 Å². The molecule has 0 N–H and O–H groups in total. The minimum absolute atomic E-state index is 0.200. The minimum Gasteiger partial charge on any atom is -0.350 e. The van der Waals surface area contributed by atoms with Crippen molar-refractivity contribution in [2.24, 2.45) is 24.3 Å². The Labute approximate surface area is 167 Å². The molecule has 1 saturated heterocycles. The summed E-state index contributed by atoms with van der Waals surface area (Å²) in [5.41, 5.74) is 5.38. The Kier molecular flexibility index (Phi) is 4.04. The maximum Gasteiger partial charge on any atom is 0.256 e. The fourth-order valence-corrected chi connectivity index (χ4v) is 5.86. The van der Waals surface area contributed by atoms with Crippen molar-refractivity contribution in [3.8, 4) is 0 Å². The van der Waals surface area contributed by atoms with Crippen LogP contribution in [0.5, 0.6) is 0 Å². The number of aryl methyl sites for hydroxylation is 1. The van der Waals surface area contributed by atoms with Gasteiger partial charge in [0.25, 0.3) is 5.91 Å². The number of aromatic nitrogens is 1. The second kappa shape index (κ2) is 6.37. The van der Waals surface area contributed by atoms with Crippen LogP contribution < -0.4 is 0 Å². The Morgan fingerprint density at radius 2 is 1.93 bits per heavy atom. The maximum atomic E-state index is 13.6. The summed E-state index contributed by atoms with van der Waals surface area (Å²) in [5.74, 6) is 1.30. The number of likely N-dealkylation sites (tertiary alicyclic amines) is 1. The van der Waals surface area contributed by atoms with E-state index in [1.54, 1.807) is 11.1 Å². The van der Waals surface area contributed by atoms with E-state index in [1.165, 1.54) is 12.8 Å². The second-order valence-corrected chi connectivity index (χ2v) is 9.45. The van der Waals surface area contributed by atoms with Crippen LogP contribution in [0.25, 0.3) is 10.9 Å². The van der Waals surface area contributed by atoms with Gasteiger partial charge >= 0.3 is 0 Å². The molecule has 0 spiro atoms. The molecule has 1 aromatic heterocycles. The molecule has 2 aromatic rings. The molecule has 28 heavy (non-hydrogen) atoms. The van der Waals surface area contributed by atoms with Crippen LogP contribution >= 0.6 is 0 Å². The van der Waals surface area contributed by atoms with Crippen molar-refractivity contribution in [1.29, 1.82) is 0 Å². The van der Waals surface area contributed by atoms with Gasteiger partial charge in [-0.1, -0.05) is 44.2 Å². The molecule has 2 fully saturated rings. The normalized spacial score (nSPS) is 26.3. The molecular formula is C25H30N2O. The number of allylic oxidation sites excluding steroid dienone is 4. The zero-order valence-electron chi connectivity index (χ0n) is 17.2. The van der Waals surface area contributed by atoms with E-state index in [1.807, 2.05) is 25.4 Å². The van der Waals surface area contributed by atoms with Gasteiger partial charge in [-0.2, -0.15) is 0 Å². The van der Waals surface area contributed by atoms with Crippen LogP contribution in [0.4, 0.5) is 0 Å². The Balaban J connectivity index is 1.50. The first-order valence-corrected chi connectivity index (χ1v) is 10.7. The molecule has 1 saturated carbocycles. The fraction of sp³-hybridized carbons (Fsp3) is 0.480. The molecule has 0 unspecified atom stereocenters. The van der Waals surface area contributed by atoms with Gasteiger partial charge in [-0.3, -0.25) is 4.79 Å². The summed E-state index contributed by atoms with van der Waals surface area (Å²) in [6, 6.07) is 8.24. The predicted molar refractivity (Wildman–Crippen MR) is 114 cm³/mol. The highest BCUT2D eigenvalue weighted by molar-refractivity contribution is 6.07. The lowest BCUT2D eigenvalue weighted by Crippen LogP contribution is -2.42. The summed E-state index contributed by atoms with van der Waals surface area (Å²) in [4.78, 5) is 15.7. The molecule has 2 atom stereocenters. The SMILES string of the molecule is Cn1cc(C(=O)N2CC[C@H]3C4=CCCC=C4C[C@@H](C2)C3(C)C)c2ccccc21.